The third kappa shape index (κ3) is 4.31. The summed E-state index contributed by atoms with van der Waals surface area (Å²) in [6.45, 7) is 0.609. The molecule has 1 aromatic heterocycles. The fourth-order valence-electron chi connectivity index (χ4n) is 3.01. The van der Waals surface area contributed by atoms with Crippen LogP contribution in [0, 0.1) is 17.5 Å². The van der Waals surface area contributed by atoms with Crippen molar-refractivity contribution in [1.29, 1.82) is 0 Å². The lowest BCUT2D eigenvalue weighted by molar-refractivity contribution is -0.121. The summed E-state index contributed by atoms with van der Waals surface area (Å²) in [5, 5.41) is 3.16. The molecule has 1 heterocycles. The van der Waals surface area contributed by atoms with E-state index in [0.29, 0.717) is 41.8 Å². The summed E-state index contributed by atoms with van der Waals surface area (Å²) in [4.78, 5) is 14.7. The molecule has 3 rings (SSSR count). The van der Waals surface area contributed by atoms with Crippen LogP contribution in [0.5, 0.6) is 0 Å². The molecule has 2 aromatic carbocycles. The Kier molecular flexibility index (Phi) is 5.81. The topological polar surface area (TPSA) is 54.1 Å². The van der Waals surface area contributed by atoms with Gasteiger partial charge in [0.05, 0.1) is 12.1 Å². The highest BCUT2D eigenvalue weighted by Gasteiger charge is 2.17. The lowest BCUT2D eigenvalue weighted by Crippen LogP contribution is -2.26. The predicted molar refractivity (Wildman–Crippen MR) is 96.8 cm³/mol. The summed E-state index contributed by atoms with van der Waals surface area (Å²) in [6.07, 6.45) is 0.590. The van der Waals surface area contributed by atoms with E-state index in [4.69, 9.17) is 4.74 Å². The SMILES string of the molecule is COCCC(=O)NCCc1c(-c2ccc(F)cc2)[nH]c2c(F)cc(F)cc12. The fraction of sp³-hybridized carbons (Fsp3) is 0.250. The van der Waals surface area contributed by atoms with Crippen LogP contribution in [0.15, 0.2) is 36.4 Å². The zero-order valence-corrected chi connectivity index (χ0v) is 14.7. The molecular formula is C20H19F3N2O2. The van der Waals surface area contributed by atoms with Gasteiger partial charge in [-0.25, -0.2) is 13.2 Å². The number of aromatic amines is 1. The van der Waals surface area contributed by atoms with Gasteiger partial charge in [0.2, 0.25) is 5.91 Å². The molecule has 0 bridgehead atoms. The Morgan fingerprint density at radius 2 is 1.85 bits per heavy atom. The maximum Gasteiger partial charge on any atom is 0.222 e. The van der Waals surface area contributed by atoms with Gasteiger partial charge in [-0.1, -0.05) is 0 Å². The summed E-state index contributed by atoms with van der Waals surface area (Å²) in [5.74, 6) is -1.95. The molecule has 0 fully saturated rings. The summed E-state index contributed by atoms with van der Waals surface area (Å²) >= 11 is 0. The maximum atomic E-state index is 14.2. The van der Waals surface area contributed by atoms with Gasteiger partial charge in [0, 0.05) is 37.2 Å². The Morgan fingerprint density at radius 1 is 1.11 bits per heavy atom. The number of hydrogen-bond acceptors (Lipinski definition) is 2. The van der Waals surface area contributed by atoms with Crippen LogP contribution in [0.1, 0.15) is 12.0 Å². The van der Waals surface area contributed by atoms with Crippen molar-refractivity contribution in [3.05, 3.63) is 59.4 Å². The number of hydrogen-bond donors (Lipinski definition) is 2. The first-order valence-corrected chi connectivity index (χ1v) is 8.50. The van der Waals surface area contributed by atoms with Crippen LogP contribution in [-0.2, 0) is 16.0 Å². The van der Waals surface area contributed by atoms with Gasteiger partial charge < -0.3 is 15.0 Å². The van der Waals surface area contributed by atoms with E-state index in [1.807, 2.05) is 0 Å². The highest BCUT2D eigenvalue weighted by molar-refractivity contribution is 5.91. The molecule has 3 aromatic rings. The van der Waals surface area contributed by atoms with E-state index in [2.05, 4.69) is 10.3 Å². The van der Waals surface area contributed by atoms with Crippen molar-refractivity contribution in [2.24, 2.45) is 0 Å². The standard InChI is InChI=1S/C20H19F3N2O2/c1-27-9-7-18(26)24-8-6-15-16-10-14(22)11-17(23)20(16)25-19(15)12-2-4-13(21)5-3-12/h2-5,10-11,25H,6-9H2,1H3,(H,24,26). The van der Waals surface area contributed by atoms with Crippen LogP contribution in [0.25, 0.3) is 22.2 Å². The fourth-order valence-corrected chi connectivity index (χ4v) is 3.01. The lowest BCUT2D eigenvalue weighted by atomic mass is 10.0. The first kappa shape index (κ1) is 19.0. The Labute approximate surface area is 154 Å². The lowest BCUT2D eigenvalue weighted by Gasteiger charge is -2.08. The van der Waals surface area contributed by atoms with Gasteiger partial charge in [-0.3, -0.25) is 4.79 Å². The van der Waals surface area contributed by atoms with Gasteiger partial charge in [0.15, 0.2) is 0 Å². The van der Waals surface area contributed by atoms with Crippen LogP contribution in [0.2, 0.25) is 0 Å². The van der Waals surface area contributed by atoms with Crippen molar-refractivity contribution in [3.8, 4) is 11.3 Å². The van der Waals surface area contributed by atoms with Crippen molar-refractivity contribution >= 4 is 16.8 Å². The zero-order chi connectivity index (χ0) is 19.4. The molecule has 0 spiro atoms. The van der Waals surface area contributed by atoms with Gasteiger partial charge >= 0.3 is 0 Å². The minimum Gasteiger partial charge on any atom is -0.384 e. The summed E-state index contributed by atoms with van der Waals surface area (Å²) < 4.78 is 46.0. The van der Waals surface area contributed by atoms with E-state index in [9.17, 15) is 18.0 Å². The van der Waals surface area contributed by atoms with Crippen LogP contribution in [0.4, 0.5) is 13.2 Å². The minimum atomic E-state index is -0.705. The molecule has 0 saturated heterocycles. The van der Waals surface area contributed by atoms with Crippen molar-refractivity contribution in [2.45, 2.75) is 12.8 Å². The molecule has 0 aliphatic carbocycles. The monoisotopic (exact) mass is 376 g/mol. The quantitative estimate of drug-likeness (QED) is 0.656. The van der Waals surface area contributed by atoms with E-state index < -0.39 is 11.6 Å². The van der Waals surface area contributed by atoms with Crippen molar-refractivity contribution in [2.75, 3.05) is 20.3 Å². The normalized spacial score (nSPS) is 11.1. The van der Waals surface area contributed by atoms with E-state index in [0.717, 1.165) is 6.07 Å². The first-order chi connectivity index (χ1) is 13.0. The number of rotatable bonds is 7. The van der Waals surface area contributed by atoms with Crippen LogP contribution in [0.3, 0.4) is 0 Å². The second kappa shape index (κ2) is 8.26. The molecule has 0 radical (unpaired) electrons. The van der Waals surface area contributed by atoms with Crippen molar-refractivity contribution in [1.82, 2.24) is 10.3 Å². The smallest absolute Gasteiger partial charge is 0.222 e. The van der Waals surface area contributed by atoms with E-state index in [1.165, 1.54) is 25.3 Å². The van der Waals surface area contributed by atoms with Crippen molar-refractivity contribution in [3.63, 3.8) is 0 Å². The molecule has 142 valence electrons. The van der Waals surface area contributed by atoms with Gasteiger partial charge in [-0.05, 0) is 47.9 Å². The van der Waals surface area contributed by atoms with Crippen molar-refractivity contribution < 1.29 is 22.7 Å². The molecule has 2 N–H and O–H groups in total. The highest BCUT2D eigenvalue weighted by atomic mass is 19.1. The second-order valence-corrected chi connectivity index (χ2v) is 6.14. The third-order valence-corrected chi connectivity index (χ3v) is 4.30. The number of halogens is 3. The molecule has 0 saturated carbocycles. The second-order valence-electron chi connectivity index (χ2n) is 6.14. The van der Waals surface area contributed by atoms with Crippen LogP contribution < -0.4 is 5.32 Å². The number of benzene rings is 2. The number of ether oxygens (including phenoxy) is 1. The highest BCUT2D eigenvalue weighted by Crippen LogP contribution is 2.32. The molecular weight excluding hydrogens is 357 g/mol. The number of aromatic nitrogens is 1. The average Bonchev–Trinajstić information content (AvgIpc) is 2.99. The first-order valence-electron chi connectivity index (χ1n) is 8.50. The average molecular weight is 376 g/mol. The number of methoxy groups -OCH3 is 1. The van der Waals surface area contributed by atoms with E-state index in [1.54, 1.807) is 12.1 Å². The Balaban J connectivity index is 1.94. The molecule has 0 unspecified atom stereocenters. The number of nitrogens with one attached hydrogen (secondary N) is 2. The van der Waals surface area contributed by atoms with Gasteiger partial charge in [-0.15, -0.1) is 0 Å². The maximum absolute atomic E-state index is 14.2. The molecule has 0 atom stereocenters. The number of fused-ring (bicyclic) bond motifs is 1. The summed E-state index contributed by atoms with van der Waals surface area (Å²) in [7, 11) is 1.51. The number of H-pyrrole nitrogens is 1. The largest absolute Gasteiger partial charge is 0.384 e. The Hall–Kier alpha value is -2.80. The molecule has 0 aliphatic heterocycles. The number of amides is 1. The molecule has 7 heteroatoms. The number of carbonyl (C=O) groups excluding carboxylic acids is 1. The zero-order valence-electron chi connectivity index (χ0n) is 14.7. The predicted octanol–water partition coefficient (Wildman–Crippen LogP) is 3.95. The Morgan fingerprint density at radius 3 is 2.56 bits per heavy atom. The summed E-state index contributed by atoms with van der Waals surface area (Å²) in [6, 6.07) is 7.79. The van der Waals surface area contributed by atoms with E-state index in [-0.39, 0.29) is 23.7 Å². The summed E-state index contributed by atoms with van der Waals surface area (Å²) in [5.41, 5.74) is 2.05. The number of carbonyl (C=O) groups is 1. The molecule has 4 nitrogen and oxygen atoms in total. The van der Waals surface area contributed by atoms with Gasteiger partial charge in [0.25, 0.3) is 0 Å². The molecule has 0 aliphatic rings. The molecule has 1 amide bonds. The minimum absolute atomic E-state index is 0.169. The van der Waals surface area contributed by atoms with E-state index >= 15 is 0 Å². The van der Waals surface area contributed by atoms with Crippen LogP contribution >= 0.6 is 0 Å². The third-order valence-electron chi connectivity index (χ3n) is 4.30. The van der Waals surface area contributed by atoms with Crippen LogP contribution in [-0.4, -0.2) is 31.2 Å². The van der Waals surface area contributed by atoms with Gasteiger partial charge in [0.1, 0.15) is 17.5 Å². The molecule has 27 heavy (non-hydrogen) atoms. The van der Waals surface area contributed by atoms with Gasteiger partial charge in [-0.2, -0.15) is 0 Å². The Bertz CT molecular complexity index is 952.